The largest absolute Gasteiger partial charge is 0.497 e. The number of hydrogen-bond acceptors (Lipinski definition) is 5. The van der Waals surface area contributed by atoms with Crippen molar-refractivity contribution in [1.29, 1.82) is 0 Å². The van der Waals surface area contributed by atoms with Gasteiger partial charge in [-0.1, -0.05) is 12.1 Å². The van der Waals surface area contributed by atoms with Crippen LogP contribution in [0.4, 0.5) is 5.82 Å². The van der Waals surface area contributed by atoms with Crippen LogP contribution in [0.5, 0.6) is 5.75 Å². The molecule has 106 valence electrons. The highest BCUT2D eigenvalue weighted by Crippen LogP contribution is 2.13. The van der Waals surface area contributed by atoms with E-state index >= 15 is 0 Å². The number of methoxy groups -OCH3 is 1. The van der Waals surface area contributed by atoms with Gasteiger partial charge in [0.25, 0.3) is 0 Å². The Labute approximate surface area is 117 Å². The number of ether oxygens (including phenoxy) is 1. The Morgan fingerprint density at radius 2 is 1.90 bits per heavy atom. The Kier molecular flexibility index (Phi) is 4.21. The highest BCUT2D eigenvalue weighted by atomic mass is 32.2. The van der Waals surface area contributed by atoms with Crippen molar-refractivity contribution in [2.24, 2.45) is 5.14 Å². The average Bonchev–Trinajstić information content (AvgIpc) is 2.45. The molecule has 2 aromatic rings. The smallest absolute Gasteiger partial charge is 0.239 e. The Bertz CT molecular complexity index is 667. The van der Waals surface area contributed by atoms with E-state index in [1.165, 1.54) is 12.3 Å². The van der Waals surface area contributed by atoms with Crippen LogP contribution in [0.3, 0.4) is 0 Å². The van der Waals surface area contributed by atoms with Gasteiger partial charge in [-0.15, -0.1) is 0 Å². The molecule has 0 radical (unpaired) electrons. The Hall–Kier alpha value is -2.12. The second kappa shape index (κ2) is 5.89. The third-order valence-electron chi connectivity index (χ3n) is 2.70. The molecule has 20 heavy (non-hydrogen) atoms. The van der Waals surface area contributed by atoms with Crippen molar-refractivity contribution in [2.45, 2.75) is 11.4 Å². The summed E-state index contributed by atoms with van der Waals surface area (Å²) in [5.74, 6) is 1.37. The van der Waals surface area contributed by atoms with E-state index < -0.39 is 10.0 Å². The minimum absolute atomic E-state index is 0.00695. The number of pyridine rings is 1. The lowest BCUT2D eigenvalue weighted by atomic mass is 10.2. The van der Waals surface area contributed by atoms with Gasteiger partial charge in [-0.05, 0) is 29.8 Å². The molecule has 1 aromatic heterocycles. The number of nitrogens with two attached hydrogens (primary N) is 1. The zero-order chi connectivity index (χ0) is 14.6. The molecule has 3 N–H and O–H groups in total. The Morgan fingerprint density at radius 1 is 1.20 bits per heavy atom. The van der Waals surface area contributed by atoms with Gasteiger partial charge in [-0.2, -0.15) is 0 Å². The van der Waals surface area contributed by atoms with Crippen LogP contribution in [0, 0.1) is 0 Å². The molecule has 7 heteroatoms. The van der Waals surface area contributed by atoms with Crippen LogP contribution >= 0.6 is 0 Å². The number of rotatable bonds is 5. The van der Waals surface area contributed by atoms with Crippen molar-refractivity contribution in [3.63, 3.8) is 0 Å². The normalized spacial score (nSPS) is 11.1. The van der Waals surface area contributed by atoms with Crippen LogP contribution in [0.15, 0.2) is 47.5 Å². The number of aromatic nitrogens is 1. The van der Waals surface area contributed by atoms with Crippen LogP contribution in [-0.4, -0.2) is 20.5 Å². The van der Waals surface area contributed by atoms with E-state index in [9.17, 15) is 8.42 Å². The van der Waals surface area contributed by atoms with Crippen molar-refractivity contribution >= 4 is 15.8 Å². The van der Waals surface area contributed by atoms with Gasteiger partial charge in [0.1, 0.15) is 16.5 Å². The molecule has 2 rings (SSSR count). The van der Waals surface area contributed by atoms with Gasteiger partial charge in [-0.25, -0.2) is 18.5 Å². The summed E-state index contributed by atoms with van der Waals surface area (Å²) >= 11 is 0. The molecule has 6 nitrogen and oxygen atoms in total. The summed E-state index contributed by atoms with van der Waals surface area (Å²) in [7, 11) is -2.08. The van der Waals surface area contributed by atoms with E-state index in [1.807, 2.05) is 24.3 Å². The van der Waals surface area contributed by atoms with Gasteiger partial charge >= 0.3 is 0 Å². The van der Waals surface area contributed by atoms with Crippen LogP contribution < -0.4 is 15.2 Å². The number of anilines is 1. The summed E-state index contributed by atoms with van der Waals surface area (Å²) in [5, 5.41) is 8.09. The van der Waals surface area contributed by atoms with Crippen LogP contribution in [0.1, 0.15) is 5.56 Å². The monoisotopic (exact) mass is 293 g/mol. The topological polar surface area (TPSA) is 94.3 Å². The Balaban J connectivity index is 2.00. The highest BCUT2D eigenvalue weighted by Gasteiger charge is 2.07. The molecule has 0 bridgehead atoms. The molecular weight excluding hydrogens is 278 g/mol. The molecule has 0 fully saturated rings. The SMILES string of the molecule is COc1ccc(CNc2ccc(S(N)(=O)=O)cn2)cc1. The molecular formula is C13H15N3O3S. The maximum Gasteiger partial charge on any atom is 0.239 e. The van der Waals surface area contributed by atoms with Gasteiger partial charge < -0.3 is 10.1 Å². The van der Waals surface area contributed by atoms with Crippen molar-refractivity contribution in [1.82, 2.24) is 4.98 Å². The summed E-state index contributed by atoms with van der Waals surface area (Å²) in [6.07, 6.45) is 1.23. The summed E-state index contributed by atoms with van der Waals surface area (Å²) in [6.45, 7) is 0.575. The molecule has 0 saturated heterocycles. The van der Waals surface area contributed by atoms with Gasteiger partial charge in [-0.3, -0.25) is 0 Å². The minimum atomic E-state index is -3.70. The number of primary sulfonamides is 1. The lowest BCUT2D eigenvalue weighted by Gasteiger charge is -2.07. The molecule has 0 amide bonds. The second-order valence-electron chi connectivity index (χ2n) is 4.13. The molecule has 0 aliphatic carbocycles. The summed E-state index contributed by atoms with van der Waals surface area (Å²) in [5.41, 5.74) is 1.06. The van der Waals surface area contributed by atoms with E-state index in [-0.39, 0.29) is 4.90 Å². The van der Waals surface area contributed by atoms with E-state index in [0.29, 0.717) is 12.4 Å². The van der Waals surface area contributed by atoms with Crippen LogP contribution in [0.25, 0.3) is 0 Å². The lowest BCUT2D eigenvalue weighted by Crippen LogP contribution is -2.12. The molecule has 0 saturated carbocycles. The quantitative estimate of drug-likeness (QED) is 0.867. The van der Waals surface area contributed by atoms with Gasteiger partial charge in [0.05, 0.1) is 7.11 Å². The first kappa shape index (κ1) is 14.3. The van der Waals surface area contributed by atoms with Gasteiger partial charge in [0, 0.05) is 12.7 Å². The summed E-state index contributed by atoms with van der Waals surface area (Å²) in [6, 6.07) is 10.6. The first-order chi connectivity index (χ1) is 9.49. The first-order valence-electron chi connectivity index (χ1n) is 5.85. The lowest BCUT2D eigenvalue weighted by molar-refractivity contribution is 0.414. The molecule has 0 unspecified atom stereocenters. The van der Waals surface area contributed by atoms with E-state index in [2.05, 4.69) is 10.3 Å². The highest BCUT2D eigenvalue weighted by molar-refractivity contribution is 7.89. The third kappa shape index (κ3) is 3.69. The zero-order valence-corrected chi connectivity index (χ0v) is 11.7. The van der Waals surface area contributed by atoms with Crippen LogP contribution in [-0.2, 0) is 16.6 Å². The molecule has 1 heterocycles. The fourth-order valence-corrected chi connectivity index (χ4v) is 2.05. The molecule has 0 atom stereocenters. The zero-order valence-electron chi connectivity index (χ0n) is 10.9. The molecule has 0 aliphatic heterocycles. The molecule has 0 spiro atoms. The predicted molar refractivity (Wildman–Crippen MR) is 75.9 cm³/mol. The Morgan fingerprint density at radius 3 is 2.40 bits per heavy atom. The number of hydrogen-bond donors (Lipinski definition) is 2. The summed E-state index contributed by atoms with van der Waals surface area (Å²) in [4.78, 5) is 3.99. The average molecular weight is 293 g/mol. The van der Waals surface area contributed by atoms with Crippen molar-refractivity contribution in [3.05, 3.63) is 48.2 Å². The number of benzene rings is 1. The third-order valence-corrected chi connectivity index (χ3v) is 3.60. The standard InChI is InChI=1S/C13H15N3O3S/c1-19-11-4-2-10(3-5-11)8-15-13-7-6-12(9-16-13)20(14,17)18/h2-7,9H,8H2,1H3,(H,15,16)(H2,14,17,18). The predicted octanol–water partition coefficient (Wildman–Crippen LogP) is 1.35. The number of nitrogens with zero attached hydrogens (tertiary/aromatic N) is 1. The molecule has 0 aliphatic rings. The number of sulfonamides is 1. The van der Waals surface area contributed by atoms with Crippen molar-refractivity contribution in [3.8, 4) is 5.75 Å². The van der Waals surface area contributed by atoms with Gasteiger partial charge in [0.15, 0.2) is 0 Å². The van der Waals surface area contributed by atoms with Gasteiger partial charge in [0.2, 0.25) is 10.0 Å². The van der Waals surface area contributed by atoms with Crippen molar-refractivity contribution < 1.29 is 13.2 Å². The van der Waals surface area contributed by atoms with E-state index in [0.717, 1.165) is 11.3 Å². The van der Waals surface area contributed by atoms with E-state index in [4.69, 9.17) is 9.88 Å². The maximum atomic E-state index is 11.1. The maximum absolute atomic E-state index is 11.1. The van der Waals surface area contributed by atoms with E-state index in [1.54, 1.807) is 13.2 Å². The summed E-state index contributed by atoms with van der Waals surface area (Å²) < 4.78 is 27.3. The first-order valence-corrected chi connectivity index (χ1v) is 7.39. The number of nitrogens with one attached hydrogen (secondary N) is 1. The minimum Gasteiger partial charge on any atom is -0.497 e. The van der Waals surface area contributed by atoms with Crippen LogP contribution in [0.2, 0.25) is 0 Å². The fourth-order valence-electron chi connectivity index (χ4n) is 1.59. The molecule has 1 aromatic carbocycles. The fraction of sp³-hybridized carbons (Fsp3) is 0.154. The second-order valence-corrected chi connectivity index (χ2v) is 5.69. The van der Waals surface area contributed by atoms with Crippen molar-refractivity contribution in [2.75, 3.05) is 12.4 Å².